The molecule has 1 aliphatic rings. The van der Waals surface area contributed by atoms with Gasteiger partial charge in [0.15, 0.2) is 24.5 Å². The van der Waals surface area contributed by atoms with E-state index in [1.54, 1.807) is 24.3 Å². The topological polar surface area (TPSA) is 136 Å². The summed E-state index contributed by atoms with van der Waals surface area (Å²) in [7, 11) is 1.48. The first-order valence-corrected chi connectivity index (χ1v) is 9.82. The van der Waals surface area contributed by atoms with E-state index in [2.05, 4.69) is 5.32 Å². The number of hydrogen-bond donors (Lipinski definition) is 1. The van der Waals surface area contributed by atoms with Crippen LogP contribution in [-0.2, 0) is 42.9 Å². The summed E-state index contributed by atoms with van der Waals surface area (Å²) in [6.07, 6.45) is -5.78. The van der Waals surface area contributed by atoms with E-state index in [9.17, 15) is 19.2 Å². The number of rotatable bonds is 8. The van der Waals surface area contributed by atoms with Crippen LogP contribution in [0.3, 0.4) is 0 Å². The van der Waals surface area contributed by atoms with Gasteiger partial charge in [0.2, 0.25) is 0 Å². The Balaban J connectivity index is 2.48. The third-order valence-corrected chi connectivity index (χ3v) is 4.40. The number of carbonyl (C=O) groups is 4. The molecule has 5 atom stereocenters. The molecule has 0 unspecified atom stereocenters. The first-order valence-electron chi connectivity index (χ1n) is 9.82. The fourth-order valence-corrected chi connectivity index (χ4v) is 3.26. The molecule has 0 amide bonds. The molecule has 0 bridgehead atoms. The number of para-hydroxylation sites is 2. The van der Waals surface area contributed by atoms with Gasteiger partial charge >= 0.3 is 23.9 Å². The minimum Gasteiger partial charge on any atom is -0.495 e. The first-order chi connectivity index (χ1) is 15.1. The van der Waals surface area contributed by atoms with Gasteiger partial charge in [0.25, 0.3) is 0 Å². The maximum Gasteiger partial charge on any atom is 0.303 e. The van der Waals surface area contributed by atoms with E-state index in [0.29, 0.717) is 11.4 Å². The van der Waals surface area contributed by atoms with Gasteiger partial charge in [-0.25, -0.2) is 0 Å². The number of methoxy groups -OCH3 is 1. The highest BCUT2D eigenvalue weighted by molar-refractivity contribution is 5.69. The van der Waals surface area contributed by atoms with E-state index in [-0.39, 0.29) is 6.61 Å². The predicted octanol–water partition coefficient (Wildman–Crippen LogP) is 1.19. The van der Waals surface area contributed by atoms with Gasteiger partial charge in [-0.3, -0.25) is 19.2 Å². The lowest BCUT2D eigenvalue weighted by Gasteiger charge is -2.44. The van der Waals surface area contributed by atoms with Gasteiger partial charge < -0.3 is 33.7 Å². The lowest BCUT2D eigenvalue weighted by Crippen LogP contribution is -2.64. The van der Waals surface area contributed by atoms with Gasteiger partial charge in [0.1, 0.15) is 18.5 Å². The summed E-state index contributed by atoms with van der Waals surface area (Å²) in [6, 6.07) is 6.91. The van der Waals surface area contributed by atoms with Crippen LogP contribution in [0.15, 0.2) is 24.3 Å². The van der Waals surface area contributed by atoms with Gasteiger partial charge in [-0.1, -0.05) is 12.1 Å². The molecule has 176 valence electrons. The average molecular weight is 453 g/mol. The molecule has 32 heavy (non-hydrogen) atoms. The van der Waals surface area contributed by atoms with Crippen molar-refractivity contribution in [2.24, 2.45) is 0 Å². The molecule has 0 aromatic heterocycles. The normalized spacial score (nSPS) is 24.6. The third kappa shape index (κ3) is 6.84. The van der Waals surface area contributed by atoms with E-state index in [1.807, 2.05) is 0 Å². The Kier molecular flexibility index (Phi) is 8.82. The maximum atomic E-state index is 11.8. The largest absolute Gasteiger partial charge is 0.495 e. The smallest absolute Gasteiger partial charge is 0.303 e. The molecule has 1 N–H and O–H groups in total. The van der Waals surface area contributed by atoms with Crippen LogP contribution in [0.25, 0.3) is 0 Å². The van der Waals surface area contributed by atoms with Crippen molar-refractivity contribution >= 4 is 29.6 Å². The van der Waals surface area contributed by atoms with E-state index >= 15 is 0 Å². The Labute approximate surface area is 185 Å². The minimum absolute atomic E-state index is 0.304. The molecule has 1 saturated heterocycles. The number of carbonyl (C=O) groups excluding carboxylic acids is 4. The lowest BCUT2D eigenvalue weighted by molar-refractivity contribution is -0.247. The fraction of sp³-hybridized carbons (Fsp3) is 0.524. The van der Waals surface area contributed by atoms with Crippen molar-refractivity contribution in [3.8, 4) is 5.75 Å². The number of hydrogen-bond acceptors (Lipinski definition) is 11. The quantitative estimate of drug-likeness (QED) is 0.449. The van der Waals surface area contributed by atoms with Crippen LogP contribution in [0.5, 0.6) is 5.75 Å². The molecule has 1 aliphatic heterocycles. The standard InChI is InChI=1S/C21H27NO10/c1-11(23)28-10-17-18(29-12(2)24)19(30-13(3)25)20(31-14(4)26)21(32-17)22-15-8-6-7-9-16(15)27-5/h6-9,17-22H,10H2,1-5H3/t17-,18+,19+,20-,21-/m1/s1. The van der Waals surface area contributed by atoms with E-state index < -0.39 is 54.5 Å². The summed E-state index contributed by atoms with van der Waals surface area (Å²) >= 11 is 0. The van der Waals surface area contributed by atoms with Crippen molar-refractivity contribution in [2.45, 2.75) is 58.3 Å². The van der Waals surface area contributed by atoms with Gasteiger partial charge in [-0.2, -0.15) is 0 Å². The average Bonchev–Trinajstić information content (AvgIpc) is 2.70. The van der Waals surface area contributed by atoms with Gasteiger partial charge in [0.05, 0.1) is 12.8 Å². The SMILES string of the molecule is COc1ccccc1N[C@@H]1O[C@H](COC(C)=O)[C@H](OC(C)=O)[C@H](OC(C)=O)[C@H]1OC(C)=O. The molecular weight excluding hydrogens is 426 g/mol. The summed E-state index contributed by atoms with van der Waals surface area (Å²) in [5, 5.41) is 3.05. The summed E-state index contributed by atoms with van der Waals surface area (Å²) in [6.45, 7) is 4.40. The van der Waals surface area contributed by atoms with Crippen molar-refractivity contribution in [2.75, 3.05) is 19.0 Å². The van der Waals surface area contributed by atoms with Crippen LogP contribution in [0, 0.1) is 0 Å². The van der Waals surface area contributed by atoms with Crippen molar-refractivity contribution in [3.63, 3.8) is 0 Å². The second-order valence-electron chi connectivity index (χ2n) is 6.96. The summed E-state index contributed by atoms with van der Waals surface area (Å²) < 4.78 is 32.5. The van der Waals surface area contributed by atoms with Crippen molar-refractivity contribution in [3.05, 3.63) is 24.3 Å². The molecule has 1 aromatic rings. The Bertz CT molecular complexity index is 842. The summed E-state index contributed by atoms with van der Waals surface area (Å²) in [5.74, 6) is -2.19. The Morgan fingerprint density at radius 1 is 0.844 bits per heavy atom. The highest BCUT2D eigenvalue weighted by Crippen LogP contribution is 2.32. The number of benzene rings is 1. The molecule has 11 nitrogen and oxygen atoms in total. The molecule has 2 rings (SSSR count). The zero-order valence-electron chi connectivity index (χ0n) is 18.5. The number of nitrogens with one attached hydrogen (secondary N) is 1. The van der Waals surface area contributed by atoms with Crippen molar-refractivity contribution in [1.29, 1.82) is 0 Å². The fourth-order valence-electron chi connectivity index (χ4n) is 3.26. The molecular formula is C21H27NO10. The molecule has 1 heterocycles. The van der Waals surface area contributed by atoms with Crippen molar-refractivity contribution in [1.82, 2.24) is 0 Å². The predicted molar refractivity (Wildman–Crippen MR) is 109 cm³/mol. The minimum atomic E-state index is -1.25. The first kappa shape index (κ1) is 24.9. The Morgan fingerprint density at radius 2 is 1.41 bits per heavy atom. The second kappa shape index (κ2) is 11.3. The molecule has 0 spiro atoms. The highest BCUT2D eigenvalue weighted by atomic mass is 16.7. The maximum absolute atomic E-state index is 11.8. The lowest BCUT2D eigenvalue weighted by atomic mass is 9.97. The molecule has 0 radical (unpaired) electrons. The van der Waals surface area contributed by atoms with E-state index in [0.717, 1.165) is 13.8 Å². The summed E-state index contributed by atoms with van der Waals surface area (Å²) in [4.78, 5) is 46.8. The van der Waals surface area contributed by atoms with Crippen LogP contribution in [0.2, 0.25) is 0 Å². The summed E-state index contributed by atoms with van der Waals surface area (Å²) in [5.41, 5.74) is 0.496. The Hall–Kier alpha value is -3.34. The molecule has 1 fully saturated rings. The zero-order chi connectivity index (χ0) is 23.8. The molecule has 1 aromatic carbocycles. The van der Waals surface area contributed by atoms with Crippen LogP contribution in [-0.4, -0.2) is 68.2 Å². The van der Waals surface area contributed by atoms with Gasteiger partial charge in [-0.05, 0) is 12.1 Å². The molecule has 0 aliphatic carbocycles. The van der Waals surface area contributed by atoms with Crippen LogP contribution in [0.1, 0.15) is 27.7 Å². The molecule has 0 saturated carbocycles. The Morgan fingerprint density at radius 3 is 1.97 bits per heavy atom. The van der Waals surface area contributed by atoms with Gasteiger partial charge in [0, 0.05) is 27.7 Å². The van der Waals surface area contributed by atoms with Crippen LogP contribution < -0.4 is 10.1 Å². The van der Waals surface area contributed by atoms with Crippen LogP contribution in [0.4, 0.5) is 5.69 Å². The number of ether oxygens (including phenoxy) is 6. The van der Waals surface area contributed by atoms with Crippen LogP contribution >= 0.6 is 0 Å². The number of anilines is 1. The number of esters is 4. The van der Waals surface area contributed by atoms with Crippen molar-refractivity contribution < 1.29 is 47.6 Å². The van der Waals surface area contributed by atoms with E-state index in [4.69, 9.17) is 28.4 Å². The monoisotopic (exact) mass is 453 g/mol. The zero-order valence-corrected chi connectivity index (χ0v) is 18.5. The second-order valence-corrected chi connectivity index (χ2v) is 6.96. The van der Waals surface area contributed by atoms with Gasteiger partial charge in [-0.15, -0.1) is 0 Å². The third-order valence-electron chi connectivity index (χ3n) is 4.40. The van der Waals surface area contributed by atoms with E-state index in [1.165, 1.54) is 21.0 Å². The highest BCUT2D eigenvalue weighted by Gasteiger charge is 2.52. The molecule has 11 heteroatoms.